The van der Waals surface area contributed by atoms with E-state index in [1.165, 1.54) is 0 Å². The number of hydrogen-bond acceptors (Lipinski definition) is 6. The number of amides is 1. The van der Waals surface area contributed by atoms with Crippen LogP contribution in [-0.2, 0) is 21.2 Å². The molecule has 1 aliphatic heterocycles. The predicted octanol–water partition coefficient (Wildman–Crippen LogP) is 1.52. The van der Waals surface area contributed by atoms with Gasteiger partial charge in [-0.3, -0.25) is 9.69 Å². The first-order valence-electron chi connectivity index (χ1n) is 8.52. The number of nitrogens with zero attached hydrogens (tertiary/aromatic N) is 3. The topological polar surface area (TPSA) is 97.4 Å². The number of anilines is 1. The summed E-state index contributed by atoms with van der Waals surface area (Å²) in [6, 6.07) is 5.31. The van der Waals surface area contributed by atoms with E-state index in [1.807, 2.05) is 37.9 Å². The van der Waals surface area contributed by atoms with E-state index in [-0.39, 0.29) is 30.0 Å². The zero-order valence-electron chi connectivity index (χ0n) is 15.2. The summed E-state index contributed by atoms with van der Waals surface area (Å²) in [5.74, 6) is 2.22. The second-order valence-corrected chi connectivity index (χ2v) is 9.13. The minimum absolute atomic E-state index is 0.0642. The van der Waals surface area contributed by atoms with E-state index in [9.17, 15) is 13.2 Å². The average Bonchev–Trinajstić information content (AvgIpc) is 3.18. The van der Waals surface area contributed by atoms with Crippen LogP contribution in [0.5, 0.6) is 0 Å². The van der Waals surface area contributed by atoms with Gasteiger partial charge in [0, 0.05) is 6.07 Å². The Labute approximate surface area is 153 Å². The smallest absolute Gasteiger partial charge is 0.239 e. The highest BCUT2D eigenvalue weighted by Crippen LogP contribution is 2.27. The summed E-state index contributed by atoms with van der Waals surface area (Å²) in [7, 11) is -1.19. The highest BCUT2D eigenvalue weighted by Gasteiger charge is 2.31. The molecule has 1 aliphatic rings. The van der Waals surface area contributed by atoms with Crippen molar-refractivity contribution in [2.75, 3.05) is 30.4 Å². The molecule has 1 saturated heterocycles. The molecule has 9 heteroatoms. The Morgan fingerprint density at radius 3 is 2.81 bits per heavy atom. The number of aromatic nitrogens is 2. The van der Waals surface area contributed by atoms with E-state index in [1.54, 1.807) is 10.7 Å². The maximum atomic E-state index is 12.4. The van der Waals surface area contributed by atoms with E-state index in [0.717, 1.165) is 17.2 Å². The van der Waals surface area contributed by atoms with E-state index in [2.05, 4.69) is 10.4 Å². The summed E-state index contributed by atoms with van der Waals surface area (Å²) in [6.07, 6.45) is 0.518. The summed E-state index contributed by atoms with van der Waals surface area (Å²) in [5.41, 5.74) is 0.740. The molecular formula is C17H24N4O4S. The second kappa shape index (κ2) is 7.24. The molecule has 0 bridgehead atoms. The Morgan fingerprint density at radius 1 is 1.42 bits per heavy atom. The Balaban J connectivity index is 1.62. The fourth-order valence-electron chi connectivity index (χ4n) is 3.18. The molecule has 3 heterocycles. The van der Waals surface area contributed by atoms with Crippen molar-refractivity contribution in [3.05, 3.63) is 35.4 Å². The first-order chi connectivity index (χ1) is 12.2. The summed E-state index contributed by atoms with van der Waals surface area (Å²) >= 11 is 0. The molecule has 1 unspecified atom stereocenters. The SMILES string of the molecule is Cc1cc(NC(=O)CN(C)Cc2ccc(C)o2)n(C2CCS(=O)(=O)C2)n1. The van der Waals surface area contributed by atoms with Crippen LogP contribution in [-0.4, -0.2) is 54.1 Å². The standard InChI is InChI=1S/C17H24N4O4S/c1-12-8-16(21(19-12)14-6-7-26(23,24)11-14)18-17(22)10-20(3)9-15-5-4-13(2)25-15/h4-5,8,14H,6-7,9-11H2,1-3H3,(H,18,22). The van der Waals surface area contributed by atoms with Crippen molar-refractivity contribution >= 4 is 21.6 Å². The molecule has 2 aromatic rings. The van der Waals surface area contributed by atoms with Crippen molar-refractivity contribution < 1.29 is 17.6 Å². The average molecular weight is 380 g/mol. The largest absolute Gasteiger partial charge is 0.465 e. The normalized spacial score (nSPS) is 19.2. The molecule has 142 valence electrons. The van der Waals surface area contributed by atoms with E-state index in [0.29, 0.717) is 18.8 Å². The molecule has 1 atom stereocenters. The van der Waals surface area contributed by atoms with Crippen LogP contribution in [0.25, 0.3) is 0 Å². The van der Waals surface area contributed by atoms with Gasteiger partial charge in [0.2, 0.25) is 5.91 Å². The minimum atomic E-state index is -3.02. The number of likely N-dealkylation sites (N-methyl/N-ethyl adjacent to an activating group) is 1. The molecule has 2 aromatic heterocycles. The first-order valence-corrected chi connectivity index (χ1v) is 10.3. The monoisotopic (exact) mass is 380 g/mol. The predicted molar refractivity (Wildman–Crippen MR) is 97.7 cm³/mol. The zero-order chi connectivity index (χ0) is 18.9. The van der Waals surface area contributed by atoms with Gasteiger partial charge in [-0.05, 0) is 39.4 Å². The van der Waals surface area contributed by atoms with Crippen molar-refractivity contribution in [2.24, 2.45) is 0 Å². The molecule has 8 nitrogen and oxygen atoms in total. The summed E-state index contributed by atoms with van der Waals surface area (Å²) in [5, 5.41) is 7.22. The van der Waals surface area contributed by atoms with Gasteiger partial charge in [-0.25, -0.2) is 13.1 Å². The molecule has 0 aromatic carbocycles. The molecular weight excluding hydrogens is 356 g/mol. The lowest BCUT2D eigenvalue weighted by molar-refractivity contribution is -0.117. The van der Waals surface area contributed by atoms with Crippen LogP contribution < -0.4 is 5.32 Å². The van der Waals surface area contributed by atoms with Gasteiger partial charge in [0.25, 0.3) is 0 Å². The third-order valence-corrected chi connectivity index (χ3v) is 6.07. The number of rotatable bonds is 6. The summed E-state index contributed by atoms with van der Waals surface area (Å²) in [6.45, 7) is 4.41. The lowest BCUT2D eigenvalue weighted by Gasteiger charge is -2.17. The van der Waals surface area contributed by atoms with Gasteiger partial charge in [0.05, 0.1) is 36.3 Å². The van der Waals surface area contributed by atoms with E-state index < -0.39 is 9.84 Å². The number of sulfone groups is 1. The van der Waals surface area contributed by atoms with Crippen LogP contribution in [0.2, 0.25) is 0 Å². The highest BCUT2D eigenvalue weighted by molar-refractivity contribution is 7.91. The third-order valence-electron chi connectivity index (χ3n) is 4.31. The summed E-state index contributed by atoms with van der Waals surface area (Å²) < 4.78 is 30.6. The van der Waals surface area contributed by atoms with Crippen molar-refractivity contribution in [3.8, 4) is 0 Å². The first kappa shape index (κ1) is 18.7. The van der Waals surface area contributed by atoms with Gasteiger partial charge in [-0.15, -0.1) is 0 Å². The second-order valence-electron chi connectivity index (χ2n) is 6.91. The van der Waals surface area contributed by atoms with Crippen LogP contribution in [0.3, 0.4) is 0 Å². The minimum Gasteiger partial charge on any atom is -0.465 e. The summed E-state index contributed by atoms with van der Waals surface area (Å²) in [4.78, 5) is 14.2. The van der Waals surface area contributed by atoms with Crippen molar-refractivity contribution in [1.29, 1.82) is 0 Å². The molecule has 26 heavy (non-hydrogen) atoms. The third kappa shape index (κ3) is 4.53. The van der Waals surface area contributed by atoms with Gasteiger partial charge in [-0.1, -0.05) is 0 Å². The van der Waals surface area contributed by atoms with Crippen LogP contribution in [0.1, 0.15) is 29.7 Å². The number of carbonyl (C=O) groups is 1. The van der Waals surface area contributed by atoms with Gasteiger partial charge in [0.15, 0.2) is 9.84 Å². The fraction of sp³-hybridized carbons (Fsp3) is 0.529. The van der Waals surface area contributed by atoms with Crippen molar-refractivity contribution in [3.63, 3.8) is 0 Å². The van der Waals surface area contributed by atoms with E-state index >= 15 is 0 Å². The lowest BCUT2D eigenvalue weighted by Crippen LogP contribution is -2.30. The Morgan fingerprint density at radius 2 is 2.19 bits per heavy atom. The number of nitrogens with one attached hydrogen (secondary N) is 1. The maximum Gasteiger partial charge on any atom is 0.239 e. The van der Waals surface area contributed by atoms with Gasteiger partial charge in [0.1, 0.15) is 17.3 Å². The van der Waals surface area contributed by atoms with Crippen LogP contribution in [0.15, 0.2) is 22.6 Å². The molecule has 0 radical (unpaired) electrons. The molecule has 3 rings (SSSR count). The molecule has 1 amide bonds. The van der Waals surface area contributed by atoms with Crippen molar-refractivity contribution in [2.45, 2.75) is 32.9 Å². The number of furan rings is 1. The maximum absolute atomic E-state index is 12.4. The zero-order valence-corrected chi connectivity index (χ0v) is 16.0. The highest BCUT2D eigenvalue weighted by atomic mass is 32.2. The molecule has 0 saturated carbocycles. The molecule has 0 aliphatic carbocycles. The van der Waals surface area contributed by atoms with Crippen LogP contribution >= 0.6 is 0 Å². The van der Waals surface area contributed by atoms with Crippen LogP contribution in [0.4, 0.5) is 5.82 Å². The Hall–Kier alpha value is -2.13. The number of aryl methyl sites for hydroxylation is 2. The number of carbonyl (C=O) groups excluding carboxylic acids is 1. The van der Waals surface area contributed by atoms with E-state index in [4.69, 9.17) is 4.42 Å². The molecule has 1 N–H and O–H groups in total. The fourth-order valence-corrected chi connectivity index (χ4v) is 4.87. The Kier molecular flexibility index (Phi) is 5.19. The molecule has 0 spiro atoms. The van der Waals surface area contributed by atoms with Gasteiger partial charge < -0.3 is 9.73 Å². The van der Waals surface area contributed by atoms with Gasteiger partial charge in [-0.2, -0.15) is 5.10 Å². The molecule has 1 fully saturated rings. The van der Waals surface area contributed by atoms with Crippen LogP contribution in [0, 0.1) is 13.8 Å². The quantitative estimate of drug-likeness (QED) is 0.816. The lowest BCUT2D eigenvalue weighted by atomic mass is 10.3. The number of hydrogen-bond donors (Lipinski definition) is 1. The van der Waals surface area contributed by atoms with Gasteiger partial charge >= 0.3 is 0 Å². The van der Waals surface area contributed by atoms with Crippen molar-refractivity contribution in [1.82, 2.24) is 14.7 Å². The Bertz CT molecular complexity index is 900.